The number of halogens is 1. The topological polar surface area (TPSA) is 60.2 Å². The summed E-state index contributed by atoms with van der Waals surface area (Å²) >= 11 is 3.31. The number of hydrogen-bond acceptors (Lipinski definition) is 3. The molecule has 0 atom stereocenters. The number of nitrogen functional groups attached to an aromatic ring is 1. The normalized spacial score (nSPS) is 11.4. The van der Waals surface area contributed by atoms with E-state index in [1.54, 1.807) is 24.3 Å². The molecule has 2 aromatic rings. The Balaban J connectivity index is 2.27. The molecule has 0 fully saturated rings. The highest BCUT2D eigenvalue weighted by Crippen LogP contribution is 2.19. The Bertz CT molecular complexity index is 634. The molecule has 5 heteroatoms. The summed E-state index contributed by atoms with van der Waals surface area (Å²) in [4.78, 5) is 0.291. The van der Waals surface area contributed by atoms with Crippen molar-refractivity contribution in [3.05, 3.63) is 58.6 Å². The van der Waals surface area contributed by atoms with Gasteiger partial charge in [0.2, 0.25) is 0 Å². The van der Waals surface area contributed by atoms with E-state index < -0.39 is 9.84 Å². The summed E-state index contributed by atoms with van der Waals surface area (Å²) in [5.74, 6) is -0.00972. The summed E-state index contributed by atoms with van der Waals surface area (Å²) in [6, 6.07) is 13.5. The molecule has 0 aromatic heterocycles. The molecule has 3 nitrogen and oxygen atoms in total. The molecule has 0 saturated heterocycles. The van der Waals surface area contributed by atoms with Crippen LogP contribution in [-0.4, -0.2) is 8.42 Å². The predicted molar refractivity (Wildman–Crippen MR) is 75.9 cm³/mol. The molecule has 94 valence electrons. The van der Waals surface area contributed by atoms with Gasteiger partial charge in [0.25, 0.3) is 0 Å². The van der Waals surface area contributed by atoms with Gasteiger partial charge in [0.15, 0.2) is 9.84 Å². The lowest BCUT2D eigenvalue weighted by Gasteiger charge is -2.05. The van der Waals surface area contributed by atoms with Crippen LogP contribution in [0.2, 0.25) is 0 Å². The third kappa shape index (κ3) is 3.11. The molecule has 0 spiro atoms. The second kappa shape index (κ2) is 5.12. The lowest BCUT2D eigenvalue weighted by atomic mass is 10.2. The lowest BCUT2D eigenvalue weighted by Crippen LogP contribution is -2.05. The van der Waals surface area contributed by atoms with Crippen molar-refractivity contribution in [1.29, 1.82) is 0 Å². The van der Waals surface area contributed by atoms with Crippen molar-refractivity contribution in [3.63, 3.8) is 0 Å². The van der Waals surface area contributed by atoms with Gasteiger partial charge in [-0.15, -0.1) is 0 Å². The molecule has 18 heavy (non-hydrogen) atoms. The lowest BCUT2D eigenvalue weighted by molar-refractivity contribution is 0.595. The third-order valence-electron chi connectivity index (χ3n) is 2.51. The van der Waals surface area contributed by atoms with Gasteiger partial charge in [-0.25, -0.2) is 8.42 Å². The number of rotatable bonds is 3. The second-order valence-electron chi connectivity index (χ2n) is 3.95. The van der Waals surface area contributed by atoms with Crippen LogP contribution >= 0.6 is 15.9 Å². The highest BCUT2D eigenvalue weighted by Gasteiger charge is 2.14. The largest absolute Gasteiger partial charge is 0.399 e. The Hall–Kier alpha value is -1.33. The molecule has 0 saturated carbocycles. The quantitative estimate of drug-likeness (QED) is 0.882. The fourth-order valence-corrected chi connectivity index (χ4v) is 3.17. The number of nitrogens with two attached hydrogens (primary N) is 1. The Morgan fingerprint density at radius 3 is 2.06 bits per heavy atom. The van der Waals surface area contributed by atoms with Gasteiger partial charge >= 0.3 is 0 Å². The number of anilines is 1. The first-order valence-corrected chi connectivity index (χ1v) is 7.75. The molecule has 2 N–H and O–H groups in total. The van der Waals surface area contributed by atoms with Crippen LogP contribution in [0.4, 0.5) is 5.69 Å². The van der Waals surface area contributed by atoms with E-state index in [-0.39, 0.29) is 5.75 Å². The number of benzene rings is 2. The molecule has 2 rings (SSSR count). The molecule has 0 aliphatic heterocycles. The molecule has 0 amide bonds. The average molecular weight is 326 g/mol. The van der Waals surface area contributed by atoms with Gasteiger partial charge in [-0.2, -0.15) is 0 Å². The molecular formula is C13H12BrNO2S. The molecule has 0 aliphatic rings. The van der Waals surface area contributed by atoms with Crippen molar-refractivity contribution >= 4 is 31.5 Å². The van der Waals surface area contributed by atoms with Crippen LogP contribution in [0.1, 0.15) is 5.56 Å². The maximum Gasteiger partial charge on any atom is 0.182 e. The first kappa shape index (κ1) is 13.1. The van der Waals surface area contributed by atoms with E-state index in [0.717, 1.165) is 10.0 Å². The standard InChI is InChI=1S/C13H12BrNO2S/c14-11-3-1-10(2-4-11)9-18(16,17)13-7-5-12(15)6-8-13/h1-8H,9,15H2. The van der Waals surface area contributed by atoms with E-state index >= 15 is 0 Å². The van der Waals surface area contributed by atoms with Crippen LogP contribution in [0.5, 0.6) is 0 Å². The first-order valence-electron chi connectivity index (χ1n) is 5.30. The van der Waals surface area contributed by atoms with Gasteiger partial charge in [-0.3, -0.25) is 0 Å². The maximum atomic E-state index is 12.1. The van der Waals surface area contributed by atoms with Crippen molar-refractivity contribution in [1.82, 2.24) is 0 Å². The molecule has 0 aliphatic carbocycles. The van der Waals surface area contributed by atoms with Gasteiger partial charge < -0.3 is 5.73 Å². The van der Waals surface area contributed by atoms with Gasteiger partial charge in [0.1, 0.15) is 0 Å². The predicted octanol–water partition coefficient (Wildman–Crippen LogP) is 3.01. The summed E-state index contributed by atoms with van der Waals surface area (Å²) < 4.78 is 25.2. The van der Waals surface area contributed by atoms with Crippen molar-refractivity contribution < 1.29 is 8.42 Å². The fraction of sp³-hybridized carbons (Fsp3) is 0.0769. The van der Waals surface area contributed by atoms with E-state index in [1.165, 1.54) is 12.1 Å². The van der Waals surface area contributed by atoms with Crippen LogP contribution < -0.4 is 5.73 Å². The van der Waals surface area contributed by atoms with Crippen LogP contribution in [0.25, 0.3) is 0 Å². The fourth-order valence-electron chi connectivity index (χ4n) is 1.56. The van der Waals surface area contributed by atoms with Crippen LogP contribution in [-0.2, 0) is 15.6 Å². The van der Waals surface area contributed by atoms with Gasteiger partial charge in [0.05, 0.1) is 10.6 Å². The molecule has 0 unspecified atom stereocenters. The van der Waals surface area contributed by atoms with Gasteiger partial charge in [0, 0.05) is 10.2 Å². The molecular weight excluding hydrogens is 314 g/mol. The van der Waals surface area contributed by atoms with Crippen molar-refractivity contribution in [2.45, 2.75) is 10.6 Å². The smallest absolute Gasteiger partial charge is 0.182 e. The maximum absolute atomic E-state index is 12.1. The van der Waals surface area contributed by atoms with E-state index in [1.807, 2.05) is 12.1 Å². The minimum absolute atomic E-state index is 0.00972. The zero-order chi connectivity index (χ0) is 13.2. The second-order valence-corrected chi connectivity index (χ2v) is 6.86. The minimum Gasteiger partial charge on any atom is -0.399 e. The Morgan fingerprint density at radius 2 is 1.50 bits per heavy atom. The summed E-state index contributed by atoms with van der Waals surface area (Å²) in [6.45, 7) is 0. The summed E-state index contributed by atoms with van der Waals surface area (Å²) in [5, 5.41) is 0. The van der Waals surface area contributed by atoms with Crippen molar-refractivity contribution in [2.24, 2.45) is 0 Å². The SMILES string of the molecule is Nc1ccc(S(=O)(=O)Cc2ccc(Br)cc2)cc1. The average Bonchev–Trinajstić information content (AvgIpc) is 2.32. The Labute approximate surface area is 115 Å². The van der Waals surface area contributed by atoms with E-state index in [4.69, 9.17) is 5.73 Å². The van der Waals surface area contributed by atoms with Gasteiger partial charge in [-0.05, 0) is 42.0 Å². The number of hydrogen-bond donors (Lipinski definition) is 1. The highest BCUT2D eigenvalue weighted by atomic mass is 79.9. The van der Waals surface area contributed by atoms with E-state index in [9.17, 15) is 8.42 Å². The molecule has 0 radical (unpaired) electrons. The monoisotopic (exact) mass is 325 g/mol. The van der Waals surface area contributed by atoms with Crippen molar-refractivity contribution in [2.75, 3.05) is 5.73 Å². The van der Waals surface area contributed by atoms with E-state index in [0.29, 0.717) is 10.6 Å². The van der Waals surface area contributed by atoms with Crippen LogP contribution in [0.15, 0.2) is 57.9 Å². The zero-order valence-electron chi connectivity index (χ0n) is 9.51. The van der Waals surface area contributed by atoms with Crippen LogP contribution in [0.3, 0.4) is 0 Å². The van der Waals surface area contributed by atoms with Gasteiger partial charge in [-0.1, -0.05) is 28.1 Å². The first-order chi connectivity index (χ1) is 8.47. The number of sulfone groups is 1. The summed E-state index contributed by atoms with van der Waals surface area (Å²) in [5.41, 5.74) is 6.85. The van der Waals surface area contributed by atoms with Crippen LogP contribution in [0, 0.1) is 0 Å². The molecule has 0 bridgehead atoms. The summed E-state index contributed by atoms with van der Waals surface area (Å²) in [6.07, 6.45) is 0. The Morgan fingerprint density at radius 1 is 0.944 bits per heavy atom. The van der Waals surface area contributed by atoms with E-state index in [2.05, 4.69) is 15.9 Å². The molecule has 0 heterocycles. The third-order valence-corrected chi connectivity index (χ3v) is 4.74. The summed E-state index contributed by atoms with van der Waals surface area (Å²) in [7, 11) is -3.31. The zero-order valence-corrected chi connectivity index (χ0v) is 11.9. The van der Waals surface area contributed by atoms with Crippen molar-refractivity contribution in [3.8, 4) is 0 Å². The highest BCUT2D eigenvalue weighted by molar-refractivity contribution is 9.10. The minimum atomic E-state index is -3.31. The Kier molecular flexibility index (Phi) is 3.73. The molecule has 2 aromatic carbocycles.